The molecule has 3 aliphatic rings. The van der Waals surface area contributed by atoms with Crippen LogP contribution in [0.5, 0.6) is 0 Å². The maximum Gasteiger partial charge on any atom is 0.186 e. The van der Waals surface area contributed by atoms with Crippen LogP contribution in [0.1, 0.15) is 66.2 Å². The van der Waals surface area contributed by atoms with Gasteiger partial charge in [0.1, 0.15) is 24.4 Å². The summed E-state index contributed by atoms with van der Waals surface area (Å²) in [6.45, 7) is 8.70. The van der Waals surface area contributed by atoms with E-state index in [9.17, 15) is 25.5 Å². The van der Waals surface area contributed by atoms with Crippen LogP contribution in [-0.4, -0.2) is 75.1 Å². The number of ether oxygens (including phenoxy) is 2. The van der Waals surface area contributed by atoms with Gasteiger partial charge in [-0.1, -0.05) is 27.2 Å². The van der Waals surface area contributed by atoms with Crippen molar-refractivity contribution in [3.05, 3.63) is 0 Å². The molecule has 29 heavy (non-hydrogen) atoms. The van der Waals surface area contributed by atoms with Crippen molar-refractivity contribution >= 4 is 0 Å². The Hall–Kier alpha value is -0.280. The summed E-state index contributed by atoms with van der Waals surface area (Å²) >= 11 is 0. The molecule has 1 aliphatic heterocycles. The summed E-state index contributed by atoms with van der Waals surface area (Å²) in [6.07, 6.45) is -0.458. The molecule has 7 nitrogen and oxygen atoms in total. The highest BCUT2D eigenvalue weighted by atomic mass is 16.7. The van der Waals surface area contributed by atoms with Crippen molar-refractivity contribution in [2.24, 2.45) is 22.7 Å². The molecule has 2 saturated carbocycles. The van der Waals surface area contributed by atoms with Gasteiger partial charge in [0.05, 0.1) is 18.8 Å². The van der Waals surface area contributed by atoms with Gasteiger partial charge in [0.15, 0.2) is 6.29 Å². The van der Waals surface area contributed by atoms with E-state index in [-0.39, 0.29) is 23.4 Å². The normalized spacial score (nSPS) is 50.2. The number of rotatable bonds is 5. The molecule has 0 bridgehead atoms. The molecule has 0 aromatic carbocycles. The lowest BCUT2D eigenvalue weighted by Crippen LogP contribution is -2.59. The monoisotopic (exact) mass is 416 g/mol. The fourth-order valence-corrected chi connectivity index (χ4v) is 6.77. The molecule has 7 heteroatoms. The van der Waals surface area contributed by atoms with Crippen LogP contribution in [-0.2, 0) is 9.47 Å². The summed E-state index contributed by atoms with van der Waals surface area (Å²) in [6, 6.07) is 0. The van der Waals surface area contributed by atoms with Crippen LogP contribution < -0.4 is 0 Å². The van der Waals surface area contributed by atoms with Crippen LogP contribution in [0.3, 0.4) is 0 Å². The Morgan fingerprint density at radius 3 is 2.31 bits per heavy atom. The molecule has 0 radical (unpaired) electrons. The Kier molecular flexibility index (Phi) is 6.72. The second-order valence-corrected chi connectivity index (χ2v) is 10.7. The summed E-state index contributed by atoms with van der Waals surface area (Å²) < 4.78 is 11.2. The molecule has 3 rings (SSSR count). The van der Waals surface area contributed by atoms with Crippen molar-refractivity contribution < 1.29 is 35.0 Å². The molecule has 170 valence electrons. The van der Waals surface area contributed by atoms with Crippen molar-refractivity contribution in [2.45, 2.75) is 103 Å². The van der Waals surface area contributed by atoms with E-state index in [4.69, 9.17) is 9.47 Å². The van der Waals surface area contributed by atoms with E-state index in [0.717, 1.165) is 25.7 Å². The lowest BCUT2D eigenvalue weighted by molar-refractivity contribution is -0.303. The first-order chi connectivity index (χ1) is 13.4. The lowest BCUT2D eigenvalue weighted by Gasteiger charge is -2.61. The molecule has 0 amide bonds. The Morgan fingerprint density at radius 2 is 1.66 bits per heavy atom. The quantitative estimate of drug-likeness (QED) is 0.457. The molecular formula is C22H40O7. The first kappa shape index (κ1) is 23.4. The average Bonchev–Trinajstić information content (AvgIpc) is 2.62. The number of aliphatic hydroxyl groups excluding tert-OH is 4. The summed E-state index contributed by atoms with van der Waals surface area (Å²) in [5.74, 6) is 0.597. The van der Waals surface area contributed by atoms with Gasteiger partial charge in [0, 0.05) is 0 Å². The van der Waals surface area contributed by atoms with E-state index < -0.39 is 42.9 Å². The summed E-state index contributed by atoms with van der Waals surface area (Å²) in [4.78, 5) is 0. The van der Waals surface area contributed by atoms with E-state index in [1.54, 1.807) is 0 Å². The average molecular weight is 417 g/mol. The number of aliphatic hydroxyl groups is 5. The Morgan fingerprint density at radius 1 is 0.966 bits per heavy atom. The maximum atomic E-state index is 11.2. The molecule has 1 heterocycles. The molecule has 0 aromatic rings. The molecule has 0 spiro atoms. The first-order valence-corrected chi connectivity index (χ1v) is 11.1. The minimum atomic E-state index is -1.44. The fraction of sp³-hybridized carbons (Fsp3) is 1.00. The zero-order valence-electron chi connectivity index (χ0n) is 18.3. The van der Waals surface area contributed by atoms with E-state index in [1.165, 1.54) is 6.42 Å². The molecule has 0 aromatic heterocycles. The number of hydrogen-bond acceptors (Lipinski definition) is 7. The van der Waals surface area contributed by atoms with Crippen molar-refractivity contribution in [1.29, 1.82) is 0 Å². The highest BCUT2D eigenvalue weighted by molar-refractivity contribution is 5.07. The third kappa shape index (κ3) is 4.25. The predicted octanol–water partition coefficient (Wildman–Crippen LogP) is 1.19. The minimum absolute atomic E-state index is 0.0161. The zero-order valence-corrected chi connectivity index (χ0v) is 18.3. The smallest absolute Gasteiger partial charge is 0.186 e. The Bertz CT molecular complexity index is 563. The van der Waals surface area contributed by atoms with Crippen molar-refractivity contribution in [3.8, 4) is 0 Å². The van der Waals surface area contributed by atoms with E-state index in [0.29, 0.717) is 12.3 Å². The second-order valence-electron chi connectivity index (χ2n) is 10.7. The van der Waals surface area contributed by atoms with Crippen LogP contribution in [0.2, 0.25) is 0 Å². The van der Waals surface area contributed by atoms with E-state index in [1.807, 2.05) is 6.92 Å². The van der Waals surface area contributed by atoms with E-state index in [2.05, 4.69) is 20.8 Å². The maximum absolute atomic E-state index is 11.2. The first-order valence-electron chi connectivity index (χ1n) is 11.1. The molecule has 2 aliphatic carbocycles. The largest absolute Gasteiger partial charge is 0.394 e. The summed E-state index contributed by atoms with van der Waals surface area (Å²) in [5, 5.41) is 50.6. The van der Waals surface area contributed by atoms with Crippen LogP contribution in [0.25, 0.3) is 0 Å². The van der Waals surface area contributed by atoms with Gasteiger partial charge in [-0.05, 0) is 61.7 Å². The van der Waals surface area contributed by atoms with Gasteiger partial charge >= 0.3 is 0 Å². The van der Waals surface area contributed by atoms with E-state index >= 15 is 0 Å². The number of fused-ring (bicyclic) bond motifs is 1. The Balaban J connectivity index is 1.68. The Labute approximate surface area is 174 Å². The lowest BCUT2D eigenvalue weighted by atomic mass is 9.45. The highest BCUT2D eigenvalue weighted by Gasteiger charge is 2.57. The van der Waals surface area contributed by atoms with Crippen LogP contribution in [0.4, 0.5) is 0 Å². The predicted molar refractivity (Wildman–Crippen MR) is 107 cm³/mol. The van der Waals surface area contributed by atoms with Crippen LogP contribution >= 0.6 is 0 Å². The van der Waals surface area contributed by atoms with Gasteiger partial charge in [0.2, 0.25) is 0 Å². The number of hydrogen-bond donors (Lipinski definition) is 5. The van der Waals surface area contributed by atoms with Gasteiger partial charge in [-0.2, -0.15) is 0 Å². The van der Waals surface area contributed by atoms with Gasteiger partial charge in [-0.15, -0.1) is 0 Å². The third-order valence-corrected chi connectivity index (χ3v) is 8.30. The van der Waals surface area contributed by atoms with Crippen LogP contribution in [0, 0.1) is 22.7 Å². The topological polar surface area (TPSA) is 120 Å². The molecule has 3 fully saturated rings. The van der Waals surface area contributed by atoms with Crippen molar-refractivity contribution in [2.75, 3.05) is 13.2 Å². The summed E-state index contributed by atoms with van der Waals surface area (Å²) in [7, 11) is 0. The van der Waals surface area contributed by atoms with Gasteiger partial charge in [-0.3, -0.25) is 0 Å². The molecule has 9 atom stereocenters. The van der Waals surface area contributed by atoms with Crippen LogP contribution in [0.15, 0.2) is 0 Å². The van der Waals surface area contributed by atoms with Gasteiger partial charge < -0.3 is 35.0 Å². The molecule has 5 unspecified atom stereocenters. The van der Waals surface area contributed by atoms with Gasteiger partial charge in [0.25, 0.3) is 0 Å². The van der Waals surface area contributed by atoms with Crippen molar-refractivity contribution in [1.82, 2.24) is 0 Å². The van der Waals surface area contributed by atoms with Gasteiger partial charge in [-0.25, -0.2) is 0 Å². The molecule has 5 N–H and O–H groups in total. The van der Waals surface area contributed by atoms with Crippen molar-refractivity contribution in [3.63, 3.8) is 0 Å². The standard InChI is InChI=1S/C22H40O7/c1-20(2)8-5-9-21(3)14(20)6-10-22(4,27)15(21)7-11-28-19-18(26)17(25)16(24)13(12-23)29-19/h13-19,23-27H,5-12H2,1-4H3/t13?,14-,15+,16?,17?,18?,19?,21-,22+/m0/s1. The third-order valence-electron chi connectivity index (χ3n) is 8.30. The molecule has 1 saturated heterocycles. The second kappa shape index (κ2) is 8.34. The highest BCUT2D eigenvalue weighted by Crippen LogP contribution is 2.62. The summed E-state index contributed by atoms with van der Waals surface area (Å²) in [5.41, 5.74) is -0.514. The fourth-order valence-electron chi connectivity index (χ4n) is 6.77. The SMILES string of the molecule is CC1(C)CCC[C@]2(C)[C@@H](CCOC3OC(CO)C(O)C(O)C3O)[C@](C)(O)CC[C@@H]12. The molecular weight excluding hydrogens is 376 g/mol. The minimum Gasteiger partial charge on any atom is -0.394 e. The zero-order chi connectivity index (χ0) is 21.6.